The van der Waals surface area contributed by atoms with E-state index in [9.17, 15) is 9.59 Å². The van der Waals surface area contributed by atoms with E-state index in [1.54, 1.807) is 0 Å². The molecule has 1 saturated carbocycles. The number of carbonyl (C=O) groups is 2. The molecule has 7 heteroatoms. The van der Waals surface area contributed by atoms with Crippen molar-refractivity contribution in [3.05, 3.63) is 0 Å². The zero-order valence-corrected chi connectivity index (χ0v) is 15.0. The largest absolute Gasteiger partial charge is 0.364 e. The summed E-state index contributed by atoms with van der Waals surface area (Å²) in [7, 11) is 0. The SMILES string of the molecule is NC[C@H]1CC[C@@H](C(=O)N2CCC(NC(=O)NC3CCCCC3)CC2)O1. The van der Waals surface area contributed by atoms with Gasteiger partial charge in [-0.2, -0.15) is 0 Å². The van der Waals surface area contributed by atoms with Crippen LogP contribution in [0.5, 0.6) is 0 Å². The number of likely N-dealkylation sites (tertiary alicyclic amines) is 1. The van der Waals surface area contributed by atoms with Crippen LogP contribution in [0.3, 0.4) is 0 Å². The molecular formula is C18H32N4O3. The van der Waals surface area contributed by atoms with Crippen molar-refractivity contribution in [2.75, 3.05) is 19.6 Å². The topological polar surface area (TPSA) is 96.7 Å². The van der Waals surface area contributed by atoms with Gasteiger partial charge in [-0.25, -0.2) is 4.79 Å². The minimum absolute atomic E-state index is 0.0247. The summed E-state index contributed by atoms with van der Waals surface area (Å²) in [5.74, 6) is 0.0843. The van der Waals surface area contributed by atoms with Gasteiger partial charge in [0.1, 0.15) is 6.10 Å². The molecule has 0 unspecified atom stereocenters. The Labute approximate surface area is 150 Å². The van der Waals surface area contributed by atoms with E-state index in [0.717, 1.165) is 38.5 Å². The minimum atomic E-state index is -0.326. The molecule has 2 heterocycles. The molecule has 3 amide bonds. The first-order chi connectivity index (χ1) is 12.2. The van der Waals surface area contributed by atoms with Crippen LogP contribution in [0.4, 0.5) is 4.79 Å². The lowest BCUT2D eigenvalue weighted by Crippen LogP contribution is -2.52. The van der Waals surface area contributed by atoms with Crippen LogP contribution in [0.1, 0.15) is 57.8 Å². The summed E-state index contributed by atoms with van der Waals surface area (Å²) in [5, 5.41) is 6.17. The number of hydrogen-bond acceptors (Lipinski definition) is 4. The van der Waals surface area contributed by atoms with Crippen LogP contribution < -0.4 is 16.4 Å². The second-order valence-electron chi connectivity index (χ2n) is 7.61. The third-order valence-corrected chi connectivity index (χ3v) is 5.73. The van der Waals surface area contributed by atoms with E-state index < -0.39 is 0 Å². The van der Waals surface area contributed by atoms with Crippen LogP contribution in [-0.4, -0.2) is 60.8 Å². The molecule has 4 N–H and O–H groups in total. The zero-order chi connectivity index (χ0) is 17.6. The zero-order valence-electron chi connectivity index (χ0n) is 15.0. The van der Waals surface area contributed by atoms with E-state index in [2.05, 4.69) is 10.6 Å². The van der Waals surface area contributed by atoms with Crippen molar-refractivity contribution in [3.8, 4) is 0 Å². The third kappa shape index (κ3) is 5.07. The molecule has 0 spiro atoms. The molecule has 1 aliphatic carbocycles. The molecule has 3 aliphatic rings. The van der Waals surface area contributed by atoms with Gasteiger partial charge in [-0.1, -0.05) is 19.3 Å². The summed E-state index contributed by atoms with van der Waals surface area (Å²) in [5.41, 5.74) is 5.61. The van der Waals surface area contributed by atoms with Gasteiger partial charge in [0.2, 0.25) is 0 Å². The highest BCUT2D eigenvalue weighted by Gasteiger charge is 2.34. The number of nitrogens with two attached hydrogens (primary N) is 1. The van der Waals surface area contributed by atoms with Gasteiger partial charge in [-0.3, -0.25) is 4.79 Å². The predicted octanol–water partition coefficient (Wildman–Crippen LogP) is 1.12. The highest BCUT2D eigenvalue weighted by Crippen LogP contribution is 2.22. The maximum atomic E-state index is 12.5. The van der Waals surface area contributed by atoms with Gasteiger partial charge in [-0.15, -0.1) is 0 Å². The number of piperidine rings is 1. The molecule has 7 nitrogen and oxygen atoms in total. The van der Waals surface area contributed by atoms with Crippen molar-refractivity contribution in [2.24, 2.45) is 5.73 Å². The molecule has 0 radical (unpaired) electrons. The van der Waals surface area contributed by atoms with Crippen LogP contribution in [0, 0.1) is 0 Å². The lowest BCUT2D eigenvalue weighted by molar-refractivity contribution is -0.143. The normalized spacial score (nSPS) is 28.8. The lowest BCUT2D eigenvalue weighted by Gasteiger charge is -2.34. The molecule has 25 heavy (non-hydrogen) atoms. The lowest BCUT2D eigenvalue weighted by atomic mass is 9.96. The van der Waals surface area contributed by atoms with Gasteiger partial charge in [-0.05, 0) is 38.5 Å². The summed E-state index contributed by atoms with van der Waals surface area (Å²) >= 11 is 0. The first-order valence-electron chi connectivity index (χ1n) is 9.87. The fraction of sp³-hybridized carbons (Fsp3) is 0.889. The van der Waals surface area contributed by atoms with Crippen molar-refractivity contribution in [3.63, 3.8) is 0 Å². The standard InChI is InChI=1S/C18H32N4O3/c19-12-15-6-7-16(25-15)17(23)22-10-8-14(9-11-22)21-18(24)20-13-4-2-1-3-5-13/h13-16H,1-12,19H2,(H2,20,21,24)/t15-,16+/m1/s1. The molecule has 3 rings (SSSR count). The van der Waals surface area contributed by atoms with Gasteiger partial charge in [0.15, 0.2) is 0 Å². The van der Waals surface area contributed by atoms with Gasteiger partial charge in [0, 0.05) is 31.7 Å². The average molecular weight is 352 g/mol. The maximum Gasteiger partial charge on any atom is 0.315 e. The molecule has 3 fully saturated rings. The number of amides is 3. The summed E-state index contributed by atoms with van der Waals surface area (Å²) in [6.45, 7) is 1.84. The number of carbonyl (C=O) groups excluding carboxylic acids is 2. The maximum absolute atomic E-state index is 12.5. The number of nitrogens with one attached hydrogen (secondary N) is 2. The smallest absolute Gasteiger partial charge is 0.315 e. The van der Waals surface area contributed by atoms with Gasteiger partial charge in [0.05, 0.1) is 6.10 Å². The van der Waals surface area contributed by atoms with Gasteiger partial charge in [0.25, 0.3) is 5.91 Å². The third-order valence-electron chi connectivity index (χ3n) is 5.73. The molecule has 0 aromatic heterocycles. The second-order valence-corrected chi connectivity index (χ2v) is 7.61. The molecule has 0 aromatic carbocycles. The summed E-state index contributed by atoms with van der Waals surface area (Å²) in [4.78, 5) is 26.5. The summed E-state index contributed by atoms with van der Waals surface area (Å²) < 4.78 is 5.71. The van der Waals surface area contributed by atoms with Crippen molar-refractivity contribution < 1.29 is 14.3 Å². The van der Waals surface area contributed by atoms with Crippen molar-refractivity contribution in [2.45, 2.75) is 82.1 Å². The summed E-state index contributed by atoms with van der Waals surface area (Å²) in [6, 6.07) is 0.418. The average Bonchev–Trinajstić information content (AvgIpc) is 3.12. The first-order valence-corrected chi connectivity index (χ1v) is 9.87. The quantitative estimate of drug-likeness (QED) is 0.706. The number of hydrogen-bond donors (Lipinski definition) is 3. The number of rotatable bonds is 4. The van der Waals surface area contributed by atoms with Crippen molar-refractivity contribution in [1.29, 1.82) is 0 Å². The predicted molar refractivity (Wildman–Crippen MR) is 95.1 cm³/mol. The number of nitrogens with zero attached hydrogens (tertiary/aromatic N) is 1. The van der Waals surface area contributed by atoms with Gasteiger partial charge >= 0.3 is 6.03 Å². The number of ether oxygens (including phenoxy) is 1. The van der Waals surface area contributed by atoms with Gasteiger partial charge < -0.3 is 26.0 Å². The van der Waals surface area contributed by atoms with Crippen LogP contribution >= 0.6 is 0 Å². The molecule has 142 valence electrons. The molecule has 2 atom stereocenters. The Morgan fingerprint density at radius 1 is 0.920 bits per heavy atom. The van der Waals surface area contributed by atoms with Crippen LogP contribution in [0.25, 0.3) is 0 Å². The van der Waals surface area contributed by atoms with E-state index in [0.29, 0.717) is 25.7 Å². The Hall–Kier alpha value is -1.34. The Morgan fingerprint density at radius 2 is 1.56 bits per heavy atom. The van der Waals surface area contributed by atoms with Crippen LogP contribution in [0.2, 0.25) is 0 Å². The minimum Gasteiger partial charge on any atom is -0.364 e. The monoisotopic (exact) mass is 352 g/mol. The Balaban J connectivity index is 1.36. The van der Waals surface area contributed by atoms with E-state index in [1.807, 2.05) is 4.90 Å². The molecule has 0 bridgehead atoms. The summed E-state index contributed by atoms with van der Waals surface area (Å²) in [6.07, 6.45) is 8.81. The molecule has 2 aliphatic heterocycles. The number of urea groups is 1. The first kappa shape index (κ1) is 18.5. The van der Waals surface area contributed by atoms with Crippen molar-refractivity contribution in [1.82, 2.24) is 15.5 Å². The Bertz CT molecular complexity index is 459. The molecule has 2 saturated heterocycles. The fourth-order valence-electron chi connectivity index (χ4n) is 4.17. The Morgan fingerprint density at radius 3 is 2.16 bits per heavy atom. The van der Waals surface area contributed by atoms with E-state index in [1.165, 1.54) is 19.3 Å². The van der Waals surface area contributed by atoms with E-state index >= 15 is 0 Å². The van der Waals surface area contributed by atoms with E-state index in [4.69, 9.17) is 10.5 Å². The molecule has 0 aromatic rings. The van der Waals surface area contributed by atoms with E-state index in [-0.39, 0.29) is 30.2 Å². The highest BCUT2D eigenvalue weighted by molar-refractivity contribution is 5.81. The molecular weight excluding hydrogens is 320 g/mol. The highest BCUT2D eigenvalue weighted by atomic mass is 16.5. The van der Waals surface area contributed by atoms with Crippen LogP contribution in [0.15, 0.2) is 0 Å². The fourth-order valence-corrected chi connectivity index (χ4v) is 4.17. The van der Waals surface area contributed by atoms with Crippen molar-refractivity contribution >= 4 is 11.9 Å². The van der Waals surface area contributed by atoms with Crippen LogP contribution in [-0.2, 0) is 9.53 Å². The second kappa shape index (κ2) is 8.85. The Kier molecular flexibility index (Phi) is 6.53.